The van der Waals surface area contributed by atoms with Crippen molar-refractivity contribution < 1.29 is 4.79 Å². The second kappa shape index (κ2) is 4.80. The smallest absolute Gasteiger partial charge is 0.150 e. The maximum Gasteiger partial charge on any atom is 0.150 e. The van der Waals surface area contributed by atoms with Crippen molar-refractivity contribution in [3.8, 4) is 0 Å². The van der Waals surface area contributed by atoms with Crippen LogP contribution in [0.5, 0.6) is 0 Å². The molecule has 1 aliphatic heterocycles. The maximum atomic E-state index is 12.3. The number of hydrogen-bond acceptors (Lipinski definition) is 2. The van der Waals surface area contributed by atoms with Crippen molar-refractivity contribution >= 4 is 5.78 Å². The lowest BCUT2D eigenvalue weighted by atomic mass is 9.84. The third-order valence-electron chi connectivity index (χ3n) is 5.33. The van der Waals surface area contributed by atoms with E-state index in [-0.39, 0.29) is 6.04 Å². The summed E-state index contributed by atoms with van der Waals surface area (Å²) in [5.41, 5.74) is 0.331. The zero-order valence-corrected chi connectivity index (χ0v) is 11.5. The molecule has 1 N–H and O–H groups in total. The topological polar surface area (TPSA) is 29.1 Å². The molecule has 0 radical (unpaired) electrons. The molecule has 0 aromatic rings. The van der Waals surface area contributed by atoms with Crippen LogP contribution in [-0.4, -0.2) is 18.4 Å². The molecule has 4 atom stereocenters. The molecular formula is C16H25NO. The maximum absolute atomic E-state index is 12.3. The van der Waals surface area contributed by atoms with E-state index in [1.54, 1.807) is 0 Å². The standard InChI is InChI=1S/C16H25NO/c1-16(11-15(18)14-8-5-9-17-14)10-13(16)12-6-3-2-4-7-12/h2-3,12-14,17H,4-11H2,1H3/t12?,13?,14-,16?/m0/s1. The van der Waals surface area contributed by atoms with Gasteiger partial charge in [0.25, 0.3) is 0 Å². The van der Waals surface area contributed by atoms with Crippen LogP contribution >= 0.6 is 0 Å². The molecule has 1 saturated heterocycles. The molecule has 1 saturated carbocycles. The van der Waals surface area contributed by atoms with E-state index in [1.807, 2.05) is 0 Å². The molecule has 2 aliphatic carbocycles. The molecule has 2 nitrogen and oxygen atoms in total. The molecule has 18 heavy (non-hydrogen) atoms. The van der Waals surface area contributed by atoms with Crippen molar-refractivity contribution in [1.29, 1.82) is 0 Å². The Kier molecular flexibility index (Phi) is 3.31. The van der Waals surface area contributed by atoms with Gasteiger partial charge in [0.2, 0.25) is 0 Å². The third kappa shape index (κ3) is 2.40. The molecule has 2 heteroatoms. The van der Waals surface area contributed by atoms with Gasteiger partial charge >= 0.3 is 0 Å². The van der Waals surface area contributed by atoms with Crippen LogP contribution in [0.15, 0.2) is 12.2 Å². The van der Waals surface area contributed by atoms with Crippen LogP contribution in [0.1, 0.15) is 51.9 Å². The van der Waals surface area contributed by atoms with Crippen molar-refractivity contribution in [1.82, 2.24) is 5.32 Å². The lowest BCUT2D eigenvalue weighted by Gasteiger charge is -2.21. The highest BCUT2D eigenvalue weighted by atomic mass is 16.1. The van der Waals surface area contributed by atoms with Crippen LogP contribution in [-0.2, 0) is 4.79 Å². The van der Waals surface area contributed by atoms with E-state index in [1.165, 1.54) is 32.1 Å². The van der Waals surface area contributed by atoms with Gasteiger partial charge in [-0.25, -0.2) is 0 Å². The van der Waals surface area contributed by atoms with E-state index in [0.717, 1.165) is 31.2 Å². The highest BCUT2D eigenvalue weighted by Crippen LogP contribution is 2.60. The molecule has 3 aliphatic rings. The van der Waals surface area contributed by atoms with Gasteiger partial charge in [0.1, 0.15) is 5.78 Å². The van der Waals surface area contributed by atoms with Crippen molar-refractivity contribution in [3.05, 3.63) is 12.2 Å². The van der Waals surface area contributed by atoms with Gasteiger partial charge < -0.3 is 5.32 Å². The van der Waals surface area contributed by atoms with Crippen LogP contribution in [0.25, 0.3) is 0 Å². The Balaban J connectivity index is 1.53. The number of allylic oxidation sites excluding steroid dienone is 2. The monoisotopic (exact) mass is 247 g/mol. The van der Waals surface area contributed by atoms with Crippen LogP contribution < -0.4 is 5.32 Å². The first-order valence-electron chi connectivity index (χ1n) is 7.60. The fourth-order valence-electron chi connectivity index (χ4n) is 4.05. The second-order valence-corrected chi connectivity index (χ2v) is 6.80. The Morgan fingerprint density at radius 3 is 2.94 bits per heavy atom. The van der Waals surface area contributed by atoms with Gasteiger partial charge in [-0.15, -0.1) is 0 Å². The summed E-state index contributed by atoms with van der Waals surface area (Å²) in [5, 5.41) is 3.34. The van der Waals surface area contributed by atoms with Crippen molar-refractivity contribution in [2.45, 2.75) is 57.9 Å². The Morgan fingerprint density at radius 2 is 2.28 bits per heavy atom. The summed E-state index contributed by atoms with van der Waals surface area (Å²) in [4.78, 5) is 12.3. The SMILES string of the molecule is CC1(CC(=O)[C@@H]2CCCN2)CC1C1CC=CCC1. The molecule has 100 valence electrons. The molecule has 0 aromatic heterocycles. The Hall–Kier alpha value is -0.630. The van der Waals surface area contributed by atoms with E-state index in [0.29, 0.717) is 11.2 Å². The molecule has 3 unspecified atom stereocenters. The molecule has 0 bridgehead atoms. The van der Waals surface area contributed by atoms with Crippen LogP contribution in [0.3, 0.4) is 0 Å². The summed E-state index contributed by atoms with van der Waals surface area (Å²) in [5.74, 6) is 2.14. The minimum Gasteiger partial charge on any atom is -0.307 e. The van der Waals surface area contributed by atoms with Gasteiger partial charge in [0.05, 0.1) is 6.04 Å². The van der Waals surface area contributed by atoms with Gasteiger partial charge in [-0.05, 0) is 62.3 Å². The van der Waals surface area contributed by atoms with E-state index in [4.69, 9.17) is 0 Å². The lowest BCUT2D eigenvalue weighted by molar-refractivity contribution is -0.121. The van der Waals surface area contributed by atoms with E-state index >= 15 is 0 Å². The lowest BCUT2D eigenvalue weighted by Crippen LogP contribution is -2.32. The quantitative estimate of drug-likeness (QED) is 0.774. The zero-order valence-electron chi connectivity index (χ0n) is 11.5. The van der Waals surface area contributed by atoms with Gasteiger partial charge in [0, 0.05) is 6.42 Å². The first-order valence-corrected chi connectivity index (χ1v) is 7.60. The minimum atomic E-state index is 0.175. The molecular weight excluding hydrogens is 222 g/mol. The molecule has 1 heterocycles. The molecule has 3 rings (SSSR count). The zero-order chi connectivity index (χ0) is 12.6. The Bertz CT molecular complexity index is 356. The molecule has 2 fully saturated rings. The van der Waals surface area contributed by atoms with E-state index in [9.17, 15) is 4.79 Å². The summed E-state index contributed by atoms with van der Waals surface area (Å²) in [6, 6.07) is 0.175. The highest BCUT2D eigenvalue weighted by molar-refractivity contribution is 5.85. The summed E-state index contributed by atoms with van der Waals surface area (Å²) in [6.45, 7) is 3.37. The third-order valence-corrected chi connectivity index (χ3v) is 5.33. The largest absolute Gasteiger partial charge is 0.307 e. The average Bonchev–Trinajstić information content (AvgIpc) is 2.82. The normalized spacial score (nSPS) is 43.1. The van der Waals surface area contributed by atoms with Crippen molar-refractivity contribution in [2.75, 3.05) is 6.54 Å². The van der Waals surface area contributed by atoms with Crippen molar-refractivity contribution in [3.63, 3.8) is 0 Å². The first-order chi connectivity index (χ1) is 8.69. The fraction of sp³-hybridized carbons (Fsp3) is 0.812. The highest BCUT2D eigenvalue weighted by Gasteiger charge is 2.54. The minimum absolute atomic E-state index is 0.175. The van der Waals surface area contributed by atoms with Gasteiger partial charge in [-0.2, -0.15) is 0 Å². The number of ketones is 1. The number of Topliss-reactive ketones (excluding diaryl/α,β-unsaturated/α-hetero) is 1. The number of carbonyl (C=O) groups excluding carboxylic acids is 1. The van der Waals surface area contributed by atoms with Crippen molar-refractivity contribution in [2.24, 2.45) is 17.3 Å². The Labute approximate surface area is 110 Å². The van der Waals surface area contributed by atoms with E-state index < -0.39 is 0 Å². The molecule has 0 spiro atoms. The number of carbonyl (C=O) groups is 1. The molecule has 0 aromatic carbocycles. The number of rotatable bonds is 4. The van der Waals surface area contributed by atoms with Gasteiger partial charge in [-0.3, -0.25) is 4.79 Å². The summed E-state index contributed by atoms with van der Waals surface area (Å²) >= 11 is 0. The summed E-state index contributed by atoms with van der Waals surface area (Å²) < 4.78 is 0. The fourth-order valence-corrected chi connectivity index (χ4v) is 4.05. The number of nitrogens with one attached hydrogen (secondary N) is 1. The first kappa shape index (κ1) is 12.4. The molecule has 0 amide bonds. The van der Waals surface area contributed by atoms with Crippen LogP contribution in [0, 0.1) is 17.3 Å². The van der Waals surface area contributed by atoms with Gasteiger partial charge in [0.15, 0.2) is 0 Å². The Morgan fingerprint density at radius 1 is 1.39 bits per heavy atom. The summed E-state index contributed by atoms with van der Waals surface area (Å²) in [7, 11) is 0. The van der Waals surface area contributed by atoms with Gasteiger partial charge in [-0.1, -0.05) is 19.1 Å². The average molecular weight is 247 g/mol. The van der Waals surface area contributed by atoms with Crippen LogP contribution in [0.2, 0.25) is 0 Å². The predicted octanol–water partition coefficient (Wildman–Crippen LogP) is 3.08. The second-order valence-electron chi connectivity index (χ2n) is 6.80. The van der Waals surface area contributed by atoms with E-state index in [2.05, 4.69) is 24.4 Å². The van der Waals surface area contributed by atoms with Crippen LogP contribution in [0.4, 0.5) is 0 Å². The summed E-state index contributed by atoms with van der Waals surface area (Å²) in [6.07, 6.45) is 12.8. The predicted molar refractivity (Wildman–Crippen MR) is 73.3 cm³/mol. The number of hydrogen-bond donors (Lipinski definition) is 1.